The van der Waals surface area contributed by atoms with Gasteiger partial charge in [0.05, 0.1) is 4.24 Å². The van der Waals surface area contributed by atoms with Gasteiger partial charge in [0.15, 0.2) is 11.8 Å². The average molecular weight is 290 g/mol. The minimum Gasteiger partial charge on any atom is -0.477 e. The number of aliphatic carboxylic acids is 1. The van der Waals surface area contributed by atoms with E-state index in [1.165, 1.54) is 35.5 Å². The van der Waals surface area contributed by atoms with Gasteiger partial charge in [0.1, 0.15) is 5.37 Å². The van der Waals surface area contributed by atoms with Crippen LogP contribution in [0.15, 0.2) is 9.93 Å². The average Bonchev–Trinajstić information content (AvgIpc) is 2.65. The normalized spacial score (nSPS) is 28.2. The fourth-order valence-corrected chi connectivity index (χ4v) is 4.73. The first-order chi connectivity index (χ1) is 8.51. The zero-order valence-electron chi connectivity index (χ0n) is 9.95. The van der Waals surface area contributed by atoms with Crippen molar-refractivity contribution >= 4 is 35.4 Å². The highest BCUT2D eigenvalue weighted by atomic mass is 32.2. The Balaban J connectivity index is 2.23. The van der Waals surface area contributed by atoms with Crippen LogP contribution in [-0.4, -0.2) is 52.3 Å². The predicted molar refractivity (Wildman–Crippen MR) is 69.8 cm³/mol. The van der Waals surface area contributed by atoms with Crippen molar-refractivity contribution in [1.82, 2.24) is 4.90 Å². The molecule has 0 bridgehead atoms. The zero-order valence-corrected chi connectivity index (χ0v) is 11.6. The van der Waals surface area contributed by atoms with E-state index in [0.29, 0.717) is 10.8 Å². The van der Waals surface area contributed by atoms with Gasteiger partial charge >= 0.3 is 5.97 Å². The van der Waals surface area contributed by atoms with Crippen molar-refractivity contribution < 1.29 is 19.4 Å². The second-order valence-electron chi connectivity index (χ2n) is 3.98. The van der Waals surface area contributed by atoms with Gasteiger partial charge in [0.2, 0.25) is 0 Å². The molecule has 0 aromatic carbocycles. The molecule has 0 aliphatic carbocycles. The highest BCUT2D eigenvalue weighted by molar-refractivity contribution is 8.23. The maximum Gasteiger partial charge on any atom is 0.354 e. The van der Waals surface area contributed by atoms with Crippen LogP contribution >= 0.6 is 23.5 Å². The van der Waals surface area contributed by atoms with E-state index in [1.54, 1.807) is 0 Å². The Morgan fingerprint density at radius 2 is 2.39 bits per heavy atom. The molecule has 0 spiro atoms. The molecule has 100 valence electrons. The third-order valence-electron chi connectivity index (χ3n) is 2.75. The Kier molecular flexibility index (Phi) is 3.90. The van der Waals surface area contributed by atoms with Gasteiger partial charge in [0, 0.05) is 18.9 Å². The molecule has 18 heavy (non-hydrogen) atoms. The number of rotatable bonds is 5. The third kappa shape index (κ3) is 2.03. The first-order valence-corrected chi connectivity index (χ1v) is 7.14. The number of carbonyl (C=O) groups is 2. The Labute approximate surface area is 113 Å². The van der Waals surface area contributed by atoms with E-state index in [9.17, 15) is 14.7 Å². The van der Waals surface area contributed by atoms with Crippen LogP contribution in [0, 0.1) is 0 Å². The van der Waals surface area contributed by atoms with Gasteiger partial charge in [-0.25, -0.2) is 4.79 Å². The van der Waals surface area contributed by atoms with Gasteiger partial charge in [-0.15, -0.1) is 11.8 Å². The SMILES string of the molecule is COC1C(=O)N2C(C(=O)O)=C(SC(C)CN)S[C@@H]12. The number of fused-ring (bicyclic) bond motifs is 1. The van der Waals surface area contributed by atoms with Crippen LogP contribution < -0.4 is 5.73 Å². The molecule has 0 aromatic heterocycles. The van der Waals surface area contributed by atoms with Crippen molar-refractivity contribution in [3.63, 3.8) is 0 Å². The van der Waals surface area contributed by atoms with Crippen LogP contribution in [0.4, 0.5) is 0 Å². The topological polar surface area (TPSA) is 92.9 Å². The van der Waals surface area contributed by atoms with Crippen LogP contribution in [0.3, 0.4) is 0 Å². The number of hydrogen-bond acceptors (Lipinski definition) is 6. The quantitative estimate of drug-likeness (QED) is 0.701. The molecule has 3 N–H and O–H groups in total. The number of carbonyl (C=O) groups excluding carboxylic acids is 1. The number of methoxy groups -OCH3 is 1. The summed E-state index contributed by atoms with van der Waals surface area (Å²) in [5.41, 5.74) is 5.60. The molecule has 2 unspecified atom stereocenters. The Morgan fingerprint density at radius 1 is 1.72 bits per heavy atom. The van der Waals surface area contributed by atoms with Crippen molar-refractivity contribution in [3.05, 3.63) is 9.93 Å². The minimum absolute atomic E-state index is 0.0635. The summed E-state index contributed by atoms with van der Waals surface area (Å²) in [6, 6.07) is 0. The first kappa shape index (κ1) is 13.7. The summed E-state index contributed by atoms with van der Waals surface area (Å²) in [6.07, 6.45) is -0.546. The Morgan fingerprint density at radius 3 is 2.89 bits per heavy atom. The van der Waals surface area contributed by atoms with E-state index in [-0.39, 0.29) is 22.2 Å². The Hall–Kier alpha value is -0.700. The van der Waals surface area contributed by atoms with Crippen LogP contribution in [0.1, 0.15) is 6.92 Å². The van der Waals surface area contributed by atoms with E-state index >= 15 is 0 Å². The summed E-state index contributed by atoms with van der Waals surface area (Å²) in [5, 5.41) is 9.08. The number of carboxylic acids is 1. The van der Waals surface area contributed by atoms with E-state index in [2.05, 4.69) is 0 Å². The number of thioether (sulfide) groups is 2. The molecule has 2 rings (SSSR count). The highest BCUT2D eigenvalue weighted by Crippen LogP contribution is 2.51. The standard InChI is InChI=1S/C10H14N2O4S2/c1-4(3-11)17-10-5(9(14)15)12-7(13)6(16-2)8(12)18-10/h4,6,8H,3,11H2,1-2H3,(H,14,15)/t4?,6?,8-/m0/s1. The van der Waals surface area contributed by atoms with Gasteiger partial charge in [0.25, 0.3) is 5.91 Å². The number of amides is 1. The lowest BCUT2D eigenvalue weighted by molar-refractivity contribution is -0.161. The molecule has 0 radical (unpaired) electrons. The lowest BCUT2D eigenvalue weighted by atomic mass is 10.1. The smallest absolute Gasteiger partial charge is 0.354 e. The Bertz CT molecular complexity index is 426. The molecule has 2 aliphatic heterocycles. The maximum atomic E-state index is 11.7. The molecule has 8 heteroatoms. The van der Waals surface area contributed by atoms with Crippen LogP contribution in [0.2, 0.25) is 0 Å². The molecule has 2 aliphatic rings. The summed E-state index contributed by atoms with van der Waals surface area (Å²) < 4.78 is 5.69. The fraction of sp³-hybridized carbons (Fsp3) is 0.600. The molecular weight excluding hydrogens is 276 g/mol. The molecule has 0 aromatic rings. The highest BCUT2D eigenvalue weighted by Gasteiger charge is 2.56. The molecule has 3 atom stereocenters. The van der Waals surface area contributed by atoms with Gasteiger partial charge in [-0.1, -0.05) is 18.7 Å². The monoisotopic (exact) mass is 290 g/mol. The summed E-state index contributed by atoms with van der Waals surface area (Å²) in [6.45, 7) is 2.37. The van der Waals surface area contributed by atoms with Gasteiger partial charge in [-0.3, -0.25) is 9.69 Å². The largest absolute Gasteiger partial charge is 0.477 e. The number of nitrogens with zero attached hydrogens (tertiary/aromatic N) is 1. The molecular formula is C10H14N2O4S2. The van der Waals surface area contributed by atoms with Crippen LogP contribution in [-0.2, 0) is 14.3 Å². The number of hydrogen-bond donors (Lipinski definition) is 2. The predicted octanol–water partition coefficient (Wildman–Crippen LogP) is 0.251. The molecule has 1 saturated heterocycles. The van der Waals surface area contributed by atoms with E-state index < -0.39 is 12.1 Å². The summed E-state index contributed by atoms with van der Waals surface area (Å²) in [4.78, 5) is 24.3. The van der Waals surface area contributed by atoms with Crippen molar-refractivity contribution in [2.45, 2.75) is 23.7 Å². The first-order valence-electron chi connectivity index (χ1n) is 5.38. The van der Waals surface area contributed by atoms with Crippen LogP contribution in [0.25, 0.3) is 0 Å². The fourth-order valence-electron chi connectivity index (χ4n) is 1.78. The van der Waals surface area contributed by atoms with Crippen molar-refractivity contribution in [2.75, 3.05) is 13.7 Å². The van der Waals surface area contributed by atoms with E-state index in [0.717, 1.165) is 0 Å². The van der Waals surface area contributed by atoms with E-state index in [1.807, 2.05) is 6.92 Å². The van der Waals surface area contributed by atoms with Crippen molar-refractivity contribution in [2.24, 2.45) is 5.73 Å². The summed E-state index contributed by atoms with van der Waals surface area (Å²) in [5.74, 6) is -1.37. The maximum absolute atomic E-state index is 11.7. The second-order valence-corrected chi connectivity index (χ2v) is 6.81. The minimum atomic E-state index is -1.08. The molecule has 2 heterocycles. The number of β-lactam (4-membered cyclic amide) rings is 1. The summed E-state index contributed by atoms with van der Waals surface area (Å²) in [7, 11) is 1.45. The molecule has 1 amide bonds. The van der Waals surface area contributed by atoms with Crippen molar-refractivity contribution in [3.8, 4) is 0 Å². The van der Waals surface area contributed by atoms with Crippen LogP contribution in [0.5, 0.6) is 0 Å². The number of ether oxygens (including phenoxy) is 1. The lowest BCUT2D eigenvalue weighted by Crippen LogP contribution is -2.61. The second kappa shape index (κ2) is 5.12. The number of nitrogens with two attached hydrogens (primary N) is 1. The lowest BCUT2D eigenvalue weighted by Gasteiger charge is -2.40. The van der Waals surface area contributed by atoms with Gasteiger partial charge < -0.3 is 15.6 Å². The zero-order chi connectivity index (χ0) is 13.4. The molecule has 1 fully saturated rings. The molecule has 6 nitrogen and oxygen atoms in total. The van der Waals surface area contributed by atoms with Gasteiger partial charge in [-0.2, -0.15) is 0 Å². The third-order valence-corrected chi connectivity index (χ3v) is 5.44. The molecule has 0 saturated carbocycles. The summed E-state index contributed by atoms with van der Waals surface area (Å²) >= 11 is 2.76. The number of carboxylic acid groups (broad SMARTS) is 1. The van der Waals surface area contributed by atoms with E-state index in [4.69, 9.17) is 10.5 Å². The van der Waals surface area contributed by atoms with Crippen molar-refractivity contribution in [1.29, 1.82) is 0 Å². The van der Waals surface area contributed by atoms with Gasteiger partial charge in [-0.05, 0) is 0 Å².